The predicted molar refractivity (Wildman–Crippen MR) is 114 cm³/mol. The molecule has 0 unspecified atom stereocenters. The molecule has 0 aliphatic rings. The van der Waals surface area contributed by atoms with Crippen molar-refractivity contribution in [1.82, 2.24) is 20.0 Å². The number of carbonyl (C=O) groups excluding carboxylic acids is 1. The van der Waals surface area contributed by atoms with E-state index >= 15 is 0 Å². The molecule has 154 valence electrons. The van der Waals surface area contributed by atoms with E-state index in [9.17, 15) is 13.6 Å². The lowest BCUT2D eigenvalue weighted by molar-refractivity contribution is -0.113. The van der Waals surface area contributed by atoms with Gasteiger partial charge in [0.05, 0.1) is 22.8 Å². The van der Waals surface area contributed by atoms with E-state index in [2.05, 4.69) is 25.9 Å². The summed E-state index contributed by atoms with van der Waals surface area (Å²) in [4.78, 5) is 12.7. The minimum Gasteiger partial charge on any atom is -0.330 e. The van der Waals surface area contributed by atoms with Crippen molar-refractivity contribution in [2.24, 2.45) is 7.05 Å². The number of aromatic nitrogens is 4. The van der Waals surface area contributed by atoms with Crippen molar-refractivity contribution in [3.8, 4) is 0 Å². The number of halogens is 2. The van der Waals surface area contributed by atoms with E-state index in [4.69, 9.17) is 0 Å². The molecule has 2 heterocycles. The molecule has 0 saturated heterocycles. The second kappa shape index (κ2) is 9.55. The summed E-state index contributed by atoms with van der Waals surface area (Å²) in [5, 5.41) is 18.9. The van der Waals surface area contributed by atoms with E-state index in [0.717, 1.165) is 22.8 Å². The van der Waals surface area contributed by atoms with Crippen LogP contribution in [0.15, 0.2) is 33.5 Å². The molecule has 0 radical (unpaired) electrons. The molecule has 0 bridgehead atoms. The van der Waals surface area contributed by atoms with Crippen LogP contribution < -0.4 is 10.6 Å². The number of anilines is 3. The van der Waals surface area contributed by atoms with Crippen molar-refractivity contribution in [3.63, 3.8) is 0 Å². The lowest BCUT2D eigenvalue weighted by Gasteiger charge is -2.04. The van der Waals surface area contributed by atoms with Gasteiger partial charge < -0.3 is 10.6 Å². The van der Waals surface area contributed by atoms with Crippen LogP contribution in [0.4, 0.5) is 25.3 Å². The Morgan fingerprint density at radius 2 is 1.97 bits per heavy atom. The SMILES string of the molecule is Cc1nn(C)c(C)c1NC(=O)CSc1nnc(Nc2ccc(SC(F)F)cc2)s1. The fourth-order valence-electron chi connectivity index (χ4n) is 2.42. The minimum absolute atomic E-state index is 0.147. The van der Waals surface area contributed by atoms with Crippen LogP contribution in [0.2, 0.25) is 0 Å². The van der Waals surface area contributed by atoms with E-state index in [1.807, 2.05) is 20.9 Å². The van der Waals surface area contributed by atoms with Crippen LogP contribution in [0.1, 0.15) is 11.4 Å². The highest BCUT2D eigenvalue weighted by atomic mass is 32.2. The Balaban J connectivity index is 1.51. The lowest BCUT2D eigenvalue weighted by atomic mass is 10.3. The van der Waals surface area contributed by atoms with Gasteiger partial charge in [-0.25, -0.2) is 0 Å². The van der Waals surface area contributed by atoms with Crippen molar-refractivity contribution in [1.29, 1.82) is 0 Å². The molecule has 3 rings (SSSR count). The average molecular weight is 457 g/mol. The molecule has 0 aliphatic carbocycles. The Kier molecular flexibility index (Phi) is 7.09. The molecular formula is C17H18F2N6OS3. The first-order chi connectivity index (χ1) is 13.8. The van der Waals surface area contributed by atoms with Gasteiger partial charge in [-0.2, -0.15) is 13.9 Å². The van der Waals surface area contributed by atoms with Crippen molar-refractivity contribution >= 4 is 57.3 Å². The first kappa shape index (κ1) is 21.5. The van der Waals surface area contributed by atoms with Gasteiger partial charge in [-0.15, -0.1) is 10.2 Å². The molecule has 12 heteroatoms. The number of alkyl halides is 2. The van der Waals surface area contributed by atoms with Gasteiger partial charge in [-0.1, -0.05) is 34.9 Å². The molecule has 0 spiro atoms. The molecular weight excluding hydrogens is 438 g/mol. The van der Waals surface area contributed by atoms with Gasteiger partial charge in [0.25, 0.3) is 5.76 Å². The van der Waals surface area contributed by atoms with Crippen LogP contribution in [-0.2, 0) is 11.8 Å². The summed E-state index contributed by atoms with van der Waals surface area (Å²) < 4.78 is 27.1. The fraction of sp³-hybridized carbons (Fsp3) is 0.294. The van der Waals surface area contributed by atoms with Crippen molar-refractivity contribution < 1.29 is 13.6 Å². The van der Waals surface area contributed by atoms with Gasteiger partial charge in [-0.3, -0.25) is 9.48 Å². The monoisotopic (exact) mass is 456 g/mol. The first-order valence-corrected chi connectivity index (χ1v) is 11.1. The van der Waals surface area contributed by atoms with E-state index in [1.54, 1.807) is 28.9 Å². The van der Waals surface area contributed by atoms with E-state index in [0.29, 0.717) is 26.1 Å². The quantitative estimate of drug-likeness (QED) is 0.476. The standard InChI is InChI=1S/C17H18F2N6OS3/c1-9-14(10(2)25(3)24-9)21-13(26)8-27-17-23-22-16(29-17)20-11-4-6-12(7-5-11)28-15(18)19/h4-7,15H,8H2,1-3H3,(H,20,22)(H,21,26). The molecule has 2 N–H and O–H groups in total. The third-order valence-corrected chi connectivity index (χ3v) is 6.53. The Morgan fingerprint density at radius 1 is 1.24 bits per heavy atom. The summed E-state index contributed by atoms with van der Waals surface area (Å²) in [6.07, 6.45) is 0. The average Bonchev–Trinajstić information content (AvgIpc) is 3.21. The zero-order valence-corrected chi connectivity index (χ0v) is 18.2. The normalized spacial score (nSPS) is 11.1. The Labute approximate surface area is 178 Å². The summed E-state index contributed by atoms with van der Waals surface area (Å²) in [5.74, 6) is -2.40. The number of hydrogen-bond acceptors (Lipinski definition) is 8. The van der Waals surface area contributed by atoms with Crippen LogP contribution in [0.25, 0.3) is 0 Å². The number of amides is 1. The van der Waals surface area contributed by atoms with Gasteiger partial charge in [-0.05, 0) is 38.1 Å². The third-order valence-electron chi connectivity index (χ3n) is 3.84. The molecule has 1 amide bonds. The number of hydrogen-bond donors (Lipinski definition) is 2. The summed E-state index contributed by atoms with van der Waals surface area (Å²) >= 11 is 3.09. The molecule has 29 heavy (non-hydrogen) atoms. The van der Waals surface area contributed by atoms with E-state index in [1.165, 1.54) is 23.1 Å². The van der Waals surface area contributed by atoms with Crippen LogP contribution in [0.5, 0.6) is 0 Å². The summed E-state index contributed by atoms with van der Waals surface area (Å²) in [6.45, 7) is 3.74. The third kappa shape index (κ3) is 5.90. The number of rotatable bonds is 8. The maximum Gasteiger partial charge on any atom is 0.288 e. The Bertz CT molecular complexity index is 990. The minimum atomic E-state index is -2.44. The summed E-state index contributed by atoms with van der Waals surface area (Å²) in [5.41, 5.74) is 3.10. The molecule has 0 atom stereocenters. The zero-order valence-electron chi connectivity index (χ0n) is 15.8. The highest BCUT2D eigenvalue weighted by molar-refractivity contribution is 8.01. The molecule has 0 fully saturated rings. The Hall–Kier alpha value is -2.18. The number of thioether (sulfide) groups is 2. The number of nitrogens with zero attached hydrogens (tertiary/aromatic N) is 4. The van der Waals surface area contributed by atoms with E-state index < -0.39 is 5.76 Å². The summed E-state index contributed by atoms with van der Waals surface area (Å²) in [7, 11) is 1.83. The zero-order chi connectivity index (χ0) is 21.0. The smallest absolute Gasteiger partial charge is 0.288 e. The molecule has 2 aromatic heterocycles. The van der Waals surface area contributed by atoms with Crippen LogP contribution >= 0.6 is 34.9 Å². The number of aryl methyl sites for hydroxylation is 2. The van der Waals surface area contributed by atoms with Gasteiger partial charge >= 0.3 is 0 Å². The maximum absolute atomic E-state index is 12.4. The number of nitrogens with one attached hydrogen (secondary N) is 2. The summed E-state index contributed by atoms with van der Waals surface area (Å²) in [6, 6.07) is 6.63. The molecule has 3 aromatic rings. The van der Waals surface area contributed by atoms with Crippen molar-refractivity contribution in [3.05, 3.63) is 35.7 Å². The largest absolute Gasteiger partial charge is 0.330 e. The van der Waals surface area contributed by atoms with Gasteiger partial charge in [0.1, 0.15) is 0 Å². The van der Waals surface area contributed by atoms with Gasteiger partial charge in [0, 0.05) is 17.6 Å². The first-order valence-electron chi connectivity index (χ1n) is 8.40. The molecule has 0 saturated carbocycles. The number of benzene rings is 1. The second-order valence-electron chi connectivity index (χ2n) is 5.91. The second-order valence-corrected chi connectivity index (χ2v) is 9.17. The highest BCUT2D eigenvalue weighted by Gasteiger charge is 2.14. The van der Waals surface area contributed by atoms with Gasteiger partial charge in [0.15, 0.2) is 4.34 Å². The predicted octanol–water partition coefficient (Wildman–Crippen LogP) is 4.68. The van der Waals surface area contributed by atoms with Crippen LogP contribution in [0, 0.1) is 13.8 Å². The topological polar surface area (TPSA) is 84.7 Å². The van der Waals surface area contributed by atoms with Crippen molar-refractivity contribution in [2.45, 2.75) is 28.8 Å². The fourth-order valence-corrected chi connectivity index (χ4v) is 4.49. The van der Waals surface area contributed by atoms with Crippen molar-refractivity contribution in [2.75, 3.05) is 16.4 Å². The Morgan fingerprint density at radius 3 is 2.59 bits per heavy atom. The van der Waals surface area contributed by atoms with Crippen LogP contribution in [0.3, 0.4) is 0 Å². The van der Waals surface area contributed by atoms with E-state index in [-0.39, 0.29) is 11.7 Å². The highest BCUT2D eigenvalue weighted by Crippen LogP contribution is 2.30. The molecule has 1 aromatic carbocycles. The molecule has 7 nitrogen and oxygen atoms in total. The number of carbonyl (C=O) groups is 1. The lowest BCUT2D eigenvalue weighted by Crippen LogP contribution is -2.15. The van der Waals surface area contributed by atoms with Crippen LogP contribution in [-0.4, -0.2) is 37.4 Å². The maximum atomic E-state index is 12.4. The van der Waals surface area contributed by atoms with Gasteiger partial charge in [0.2, 0.25) is 11.0 Å². The molecule has 0 aliphatic heterocycles.